The lowest BCUT2D eigenvalue weighted by Crippen LogP contribution is -2.13. The van der Waals surface area contributed by atoms with Crippen LogP contribution >= 0.6 is 0 Å². The van der Waals surface area contributed by atoms with Crippen molar-refractivity contribution < 1.29 is 13.2 Å². The van der Waals surface area contributed by atoms with Crippen molar-refractivity contribution in [2.75, 3.05) is 5.73 Å². The number of hydrogen-bond donors (Lipinski definition) is 3. The number of benzene rings is 1. The van der Waals surface area contributed by atoms with Crippen LogP contribution in [0.1, 0.15) is 10.4 Å². The van der Waals surface area contributed by atoms with Gasteiger partial charge in [-0.1, -0.05) is 0 Å². The van der Waals surface area contributed by atoms with Gasteiger partial charge in [0.25, 0.3) is 5.91 Å². The van der Waals surface area contributed by atoms with Gasteiger partial charge in [-0.3, -0.25) is 4.79 Å². The third kappa shape index (κ3) is 2.56. The van der Waals surface area contributed by atoms with E-state index < -0.39 is 15.9 Å². The molecule has 0 aliphatic heterocycles. The van der Waals surface area contributed by atoms with E-state index in [0.29, 0.717) is 5.69 Å². The van der Waals surface area contributed by atoms with Crippen molar-refractivity contribution in [1.29, 1.82) is 0 Å². The van der Waals surface area contributed by atoms with Crippen LogP contribution in [-0.2, 0) is 10.0 Å². The Morgan fingerprint density at radius 1 is 1.32 bits per heavy atom. The van der Waals surface area contributed by atoms with Gasteiger partial charge in [0.1, 0.15) is 0 Å². The first kappa shape index (κ1) is 13.1. The smallest absolute Gasteiger partial charge is 0.251 e. The fourth-order valence-electron chi connectivity index (χ4n) is 1.50. The van der Waals surface area contributed by atoms with Crippen LogP contribution in [0.3, 0.4) is 0 Å². The van der Waals surface area contributed by atoms with Gasteiger partial charge < -0.3 is 11.5 Å². The molecular weight excluding hydrogens is 270 g/mol. The van der Waals surface area contributed by atoms with E-state index in [1.165, 1.54) is 35.3 Å². The van der Waals surface area contributed by atoms with Crippen LogP contribution in [0.4, 0.5) is 5.69 Å². The summed E-state index contributed by atoms with van der Waals surface area (Å²) in [5.74, 6) is -0.619. The van der Waals surface area contributed by atoms with E-state index in [1.54, 1.807) is 0 Å². The first-order valence-corrected chi connectivity index (χ1v) is 6.61. The summed E-state index contributed by atoms with van der Waals surface area (Å²) in [6, 6.07) is 3.95. The van der Waals surface area contributed by atoms with Gasteiger partial charge in [-0.15, -0.1) is 0 Å². The first-order chi connectivity index (χ1) is 8.79. The number of nitrogens with zero attached hydrogens (tertiary/aromatic N) is 2. The number of rotatable bonds is 3. The van der Waals surface area contributed by atoms with Crippen LogP contribution < -0.4 is 16.6 Å². The number of sulfonamides is 1. The van der Waals surface area contributed by atoms with Crippen molar-refractivity contribution in [3.05, 3.63) is 36.2 Å². The summed E-state index contributed by atoms with van der Waals surface area (Å²) < 4.78 is 23.7. The van der Waals surface area contributed by atoms with Crippen LogP contribution in [0.5, 0.6) is 0 Å². The average Bonchev–Trinajstić information content (AvgIpc) is 2.76. The molecule has 0 aliphatic rings. The Balaban J connectivity index is 2.49. The first-order valence-electron chi connectivity index (χ1n) is 5.06. The second kappa shape index (κ2) is 4.37. The van der Waals surface area contributed by atoms with Gasteiger partial charge in [-0.25, -0.2) is 18.2 Å². The van der Waals surface area contributed by atoms with Crippen LogP contribution in [-0.4, -0.2) is 24.1 Å². The Morgan fingerprint density at radius 2 is 2.00 bits per heavy atom. The zero-order valence-electron chi connectivity index (χ0n) is 9.65. The van der Waals surface area contributed by atoms with E-state index >= 15 is 0 Å². The number of nitrogen functional groups attached to an aromatic ring is 1. The molecule has 0 atom stereocenters. The minimum absolute atomic E-state index is 0.101. The highest BCUT2D eigenvalue weighted by atomic mass is 32.2. The summed E-state index contributed by atoms with van der Waals surface area (Å²) in [6.07, 6.45) is 2.68. The van der Waals surface area contributed by atoms with E-state index in [-0.39, 0.29) is 16.1 Å². The molecule has 8 nitrogen and oxygen atoms in total. The van der Waals surface area contributed by atoms with Gasteiger partial charge in [-0.05, 0) is 18.2 Å². The molecule has 1 amide bonds. The normalized spacial score (nSPS) is 11.4. The molecule has 1 aromatic heterocycles. The van der Waals surface area contributed by atoms with Crippen molar-refractivity contribution in [2.45, 2.75) is 4.90 Å². The third-order valence-corrected chi connectivity index (χ3v) is 3.35. The number of carbonyl (C=O) groups excluding carboxylic acids is 1. The molecule has 100 valence electrons. The molecular formula is C10H11N5O3S. The fraction of sp³-hybridized carbons (Fsp3) is 0. The molecule has 2 aromatic rings. The fourth-order valence-corrected chi connectivity index (χ4v) is 2.05. The zero-order valence-corrected chi connectivity index (χ0v) is 10.5. The molecule has 6 N–H and O–H groups in total. The second-order valence-electron chi connectivity index (χ2n) is 3.80. The maximum atomic E-state index is 11.2. The van der Waals surface area contributed by atoms with E-state index in [0.717, 1.165) is 0 Å². The molecule has 0 radical (unpaired) electrons. The van der Waals surface area contributed by atoms with Gasteiger partial charge in [0.2, 0.25) is 10.0 Å². The van der Waals surface area contributed by atoms with Crippen LogP contribution in [0.15, 0.2) is 35.5 Å². The molecule has 0 saturated carbocycles. The van der Waals surface area contributed by atoms with E-state index in [2.05, 4.69) is 5.10 Å². The number of anilines is 1. The molecule has 1 heterocycles. The maximum absolute atomic E-state index is 11.2. The lowest BCUT2D eigenvalue weighted by atomic mass is 10.2. The zero-order chi connectivity index (χ0) is 14.2. The number of primary amides is 1. The molecule has 19 heavy (non-hydrogen) atoms. The standard InChI is InChI=1S/C10H11N5O3S/c11-8-3-7(19(13,17)18)1-2-9(8)15-5-6(4-14-15)10(12)16/h1-5H,11H2,(H2,12,16)(H2,13,17,18). The number of amides is 1. The van der Waals surface area contributed by atoms with Crippen molar-refractivity contribution in [3.8, 4) is 5.69 Å². The molecule has 0 spiro atoms. The number of carbonyl (C=O) groups is 1. The van der Waals surface area contributed by atoms with Gasteiger partial charge in [-0.2, -0.15) is 5.10 Å². The minimum atomic E-state index is -3.82. The lowest BCUT2D eigenvalue weighted by Gasteiger charge is -2.07. The predicted octanol–water partition coefficient (Wildman–Crippen LogP) is -0.799. The number of aromatic nitrogens is 2. The molecule has 9 heteroatoms. The van der Waals surface area contributed by atoms with Crippen LogP contribution in [0, 0.1) is 0 Å². The Morgan fingerprint density at radius 3 is 2.47 bits per heavy atom. The Kier molecular flexibility index (Phi) is 3.00. The van der Waals surface area contributed by atoms with E-state index in [1.807, 2.05) is 0 Å². The van der Waals surface area contributed by atoms with Crippen molar-refractivity contribution >= 4 is 21.6 Å². The number of nitrogens with two attached hydrogens (primary N) is 3. The highest BCUT2D eigenvalue weighted by Gasteiger charge is 2.12. The summed E-state index contributed by atoms with van der Waals surface area (Å²) in [4.78, 5) is 10.9. The molecule has 1 aromatic carbocycles. The summed E-state index contributed by atoms with van der Waals surface area (Å²) >= 11 is 0. The quantitative estimate of drug-likeness (QED) is 0.630. The monoisotopic (exact) mass is 281 g/mol. The van der Waals surface area contributed by atoms with Gasteiger partial charge in [0, 0.05) is 6.20 Å². The Bertz CT molecular complexity index is 750. The lowest BCUT2D eigenvalue weighted by molar-refractivity contribution is 0.100. The summed E-state index contributed by atoms with van der Waals surface area (Å²) in [6.45, 7) is 0. The molecule has 0 unspecified atom stereocenters. The SMILES string of the molecule is NC(=O)c1cnn(-c2ccc(S(N)(=O)=O)cc2N)c1. The van der Waals surface area contributed by atoms with Gasteiger partial charge in [0.05, 0.1) is 28.0 Å². The van der Waals surface area contributed by atoms with Crippen LogP contribution in [0.2, 0.25) is 0 Å². The predicted molar refractivity (Wildman–Crippen MR) is 67.9 cm³/mol. The van der Waals surface area contributed by atoms with Crippen molar-refractivity contribution in [1.82, 2.24) is 9.78 Å². The molecule has 0 fully saturated rings. The van der Waals surface area contributed by atoms with Crippen molar-refractivity contribution in [2.24, 2.45) is 10.9 Å². The molecule has 2 rings (SSSR count). The Labute approximate surface area is 108 Å². The molecule has 0 aliphatic carbocycles. The highest BCUT2D eigenvalue weighted by molar-refractivity contribution is 7.89. The topological polar surface area (TPSA) is 147 Å². The summed E-state index contributed by atoms with van der Waals surface area (Å²) in [5, 5.41) is 8.91. The summed E-state index contributed by atoms with van der Waals surface area (Å²) in [7, 11) is -3.82. The van der Waals surface area contributed by atoms with Gasteiger partial charge >= 0.3 is 0 Å². The molecule has 0 saturated heterocycles. The third-order valence-electron chi connectivity index (χ3n) is 2.44. The van der Waals surface area contributed by atoms with E-state index in [4.69, 9.17) is 16.6 Å². The number of primary sulfonamides is 1. The van der Waals surface area contributed by atoms with Gasteiger partial charge in [0.15, 0.2) is 0 Å². The summed E-state index contributed by atoms with van der Waals surface area (Å²) in [5.41, 5.74) is 11.6. The van der Waals surface area contributed by atoms with E-state index in [9.17, 15) is 13.2 Å². The minimum Gasteiger partial charge on any atom is -0.397 e. The largest absolute Gasteiger partial charge is 0.397 e. The second-order valence-corrected chi connectivity index (χ2v) is 5.36. The molecule has 0 bridgehead atoms. The van der Waals surface area contributed by atoms with Crippen LogP contribution in [0.25, 0.3) is 5.69 Å². The highest BCUT2D eigenvalue weighted by Crippen LogP contribution is 2.20. The maximum Gasteiger partial charge on any atom is 0.251 e. The Hall–Kier alpha value is -2.39. The average molecular weight is 281 g/mol. The number of hydrogen-bond acceptors (Lipinski definition) is 5. The van der Waals surface area contributed by atoms with Crippen molar-refractivity contribution in [3.63, 3.8) is 0 Å².